The number of hydrogen-bond acceptors (Lipinski definition) is 3. The summed E-state index contributed by atoms with van der Waals surface area (Å²) in [6.45, 7) is 0. The first kappa shape index (κ1) is 13.2. The third kappa shape index (κ3) is 2.74. The lowest BCUT2D eigenvalue weighted by Gasteiger charge is -2.04. The van der Waals surface area contributed by atoms with E-state index >= 15 is 0 Å². The summed E-state index contributed by atoms with van der Waals surface area (Å²) in [5, 5.41) is 4.60. The van der Waals surface area contributed by atoms with E-state index in [0.717, 1.165) is 28.4 Å². The highest BCUT2D eigenvalue weighted by Gasteiger charge is 2.04. The molecule has 0 atom stereocenters. The largest absolute Gasteiger partial charge is 0.497 e. The van der Waals surface area contributed by atoms with Crippen molar-refractivity contribution in [2.45, 2.75) is 0 Å². The molecule has 0 amide bonds. The van der Waals surface area contributed by atoms with E-state index in [1.807, 2.05) is 65.5 Å². The van der Waals surface area contributed by atoms with Crippen LogP contribution < -0.4 is 9.47 Å². The molecule has 0 aliphatic heterocycles. The van der Waals surface area contributed by atoms with E-state index in [9.17, 15) is 0 Å². The Bertz CT molecular complexity index is 653. The van der Waals surface area contributed by atoms with Crippen LogP contribution in [0.25, 0.3) is 16.9 Å². The number of nitrogens with zero attached hydrogens (tertiary/aromatic N) is 2. The SMILES string of the molecule is COc1ccc(-c2ccn(-c3ccc(OC)cc3)n2)cc1. The average molecular weight is 280 g/mol. The Labute approximate surface area is 123 Å². The Morgan fingerprint density at radius 3 is 1.90 bits per heavy atom. The molecule has 3 rings (SSSR count). The van der Waals surface area contributed by atoms with Crippen molar-refractivity contribution in [1.29, 1.82) is 0 Å². The second-order valence-electron chi connectivity index (χ2n) is 4.57. The van der Waals surface area contributed by atoms with Crippen LogP contribution >= 0.6 is 0 Å². The van der Waals surface area contributed by atoms with Crippen LogP contribution in [0.2, 0.25) is 0 Å². The highest BCUT2D eigenvalue weighted by molar-refractivity contribution is 5.60. The van der Waals surface area contributed by atoms with Gasteiger partial charge in [-0.3, -0.25) is 0 Å². The third-order valence-corrected chi connectivity index (χ3v) is 3.31. The molecule has 0 unspecified atom stereocenters. The molecule has 21 heavy (non-hydrogen) atoms. The van der Waals surface area contributed by atoms with Crippen molar-refractivity contribution in [2.75, 3.05) is 14.2 Å². The molecule has 3 aromatic rings. The van der Waals surface area contributed by atoms with Crippen LogP contribution in [-0.4, -0.2) is 24.0 Å². The molecule has 0 radical (unpaired) electrons. The summed E-state index contributed by atoms with van der Waals surface area (Å²) >= 11 is 0. The molecular formula is C17H16N2O2. The maximum Gasteiger partial charge on any atom is 0.119 e. The fourth-order valence-corrected chi connectivity index (χ4v) is 2.12. The third-order valence-electron chi connectivity index (χ3n) is 3.31. The second kappa shape index (κ2) is 5.71. The van der Waals surface area contributed by atoms with Crippen molar-refractivity contribution in [3.8, 4) is 28.4 Å². The molecule has 0 saturated carbocycles. The molecular weight excluding hydrogens is 264 g/mol. The summed E-state index contributed by atoms with van der Waals surface area (Å²) in [6, 6.07) is 17.6. The van der Waals surface area contributed by atoms with Crippen LogP contribution in [-0.2, 0) is 0 Å². The number of benzene rings is 2. The minimum Gasteiger partial charge on any atom is -0.497 e. The van der Waals surface area contributed by atoms with Gasteiger partial charge in [-0.15, -0.1) is 0 Å². The van der Waals surface area contributed by atoms with Crippen molar-refractivity contribution in [1.82, 2.24) is 9.78 Å². The predicted octanol–water partition coefficient (Wildman–Crippen LogP) is 3.56. The number of aromatic nitrogens is 2. The van der Waals surface area contributed by atoms with Crippen LogP contribution in [0, 0.1) is 0 Å². The fraction of sp³-hybridized carbons (Fsp3) is 0.118. The van der Waals surface area contributed by atoms with Crippen LogP contribution in [0.15, 0.2) is 60.8 Å². The molecule has 0 saturated heterocycles. The van der Waals surface area contributed by atoms with Crippen molar-refractivity contribution in [2.24, 2.45) is 0 Å². The summed E-state index contributed by atoms with van der Waals surface area (Å²) < 4.78 is 12.2. The molecule has 0 fully saturated rings. The zero-order valence-electron chi connectivity index (χ0n) is 12.0. The van der Waals surface area contributed by atoms with Gasteiger partial charge in [0.05, 0.1) is 25.6 Å². The van der Waals surface area contributed by atoms with Gasteiger partial charge in [0.1, 0.15) is 11.5 Å². The number of rotatable bonds is 4. The van der Waals surface area contributed by atoms with Crippen molar-refractivity contribution < 1.29 is 9.47 Å². The van der Waals surface area contributed by atoms with Gasteiger partial charge in [0, 0.05) is 11.8 Å². The maximum absolute atomic E-state index is 5.16. The molecule has 4 nitrogen and oxygen atoms in total. The van der Waals surface area contributed by atoms with Gasteiger partial charge in [0.15, 0.2) is 0 Å². The van der Waals surface area contributed by atoms with Gasteiger partial charge >= 0.3 is 0 Å². The number of methoxy groups -OCH3 is 2. The topological polar surface area (TPSA) is 36.3 Å². The van der Waals surface area contributed by atoms with Crippen LogP contribution in [0.5, 0.6) is 11.5 Å². The van der Waals surface area contributed by atoms with Crippen molar-refractivity contribution in [3.05, 3.63) is 60.8 Å². The van der Waals surface area contributed by atoms with Gasteiger partial charge in [-0.1, -0.05) is 0 Å². The van der Waals surface area contributed by atoms with Gasteiger partial charge in [0.25, 0.3) is 0 Å². The van der Waals surface area contributed by atoms with Crippen LogP contribution in [0.4, 0.5) is 0 Å². The lowest BCUT2D eigenvalue weighted by atomic mass is 10.1. The van der Waals surface area contributed by atoms with E-state index in [4.69, 9.17) is 9.47 Å². The Hall–Kier alpha value is -2.75. The van der Waals surface area contributed by atoms with Gasteiger partial charge in [0.2, 0.25) is 0 Å². The molecule has 0 bridgehead atoms. The first-order chi connectivity index (χ1) is 10.3. The Morgan fingerprint density at radius 1 is 0.762 bits per heavy atom. The molecule has 0 spiro atoms. The van der Waals surface area contributed by atoms with E-state index in [2.05, 4.69) is 5.10 Å². The lowest BCUT2D eigenvalue weighted by molar-refractivity contribution is 0.414. The van der Waals surface area contributed by atoms with Crippen molar-refractivity contribution in [3.63, 3.8) is 0 Å². The van der Waals surface area contributed by atoms with E-state index < -0.39 is 0 Å². The Morgan fingerprint density at radius 2 is 1.33 bits per heavy atom. The lowest BCUT2D eigenvalue weighted by Crippen LogP contribution is -1.95. The predicted molar refractivity (Wildman–Crippen MR) is 82.1 cm³/mol. The first-order valence-electron chi connectivity index (χ1n) is 6.64. The minimum absolute atomic E-state index is 0.835. The number of ether oxygens (including phenoxy) is 2. The van der Waals surface area contributed by atoms with Gasteiger partial charge in [-0.2, -0.15) is 5.10 Å². The highest BCUT2D eigenvalue weighted by Crippen LogP contribution is 2.22. The van der Waals surface area contributed by atoms with Gasteiger partial charge < -0.3 is 9.47 Å². The molecule has 0 N–H and O–H groups in total. The van der Waals surface area contributed by atoms with Crippen LogP contribution in [0.1, 0.15) is 0 Å². The second-order valence-corrected chi connectivity index (χ2v) is 4.57. The summed E-state index contributed by atoms with van der Waals surface area (Å²) in [4.78, 5) is 0. The van der Waals surface area contributed by atoms with E-state index in [1.165, 1.54) is 0 Å². The van der Waals surface area contributed by atoms with E-state index in [1.54, 1.807) is 14.2 Å². The molecule has 0 aliphatic rings. The zero-order valence-corrected chi connectivity index (χ0v) is 12.0. The summed E-state index contributed by atoms with van der Waals surface area (Å²) in [7, 11) is 3.32. The number of hydrogen-bond donors (Lipinski definition) is 0. The first-order valence-corrected chi connectivity index (χ1v) is 6.64. The fourth-order valence-electron chi connectivity index (χ4n) is 2.12. The summed E-state index contributed by atoms with van der Waals surface area (Å²) in [6.07, 6.45) is 1.95. The molecule has 2 aromatic carbocycles. The molecule has 0 aliphatic carbocycles. The van der Waals surface area contributed by atoms with E-state index in [-0.39, 0.29) is 0 Å². The monoisotopic (exact) mass is 280 g/mol. The maximum atomic E-state index is 5.16. The molecule has 1 heterocycles. The smallest absolute Gasteiger partial charge is 0.119 e. The van der Waals surface area contributed by atoms with Gasteiger partial charge in [-0.25, -0.2) is 4.68 Å². The van der Waals surface area contributed by atoms with Gasteiger partial charge in [-0.05, 0) is 54.6 Å². The highest BCUT2D eigenvalue weighted by atomic mass is 16.5. The Balaban J connectivity index is 1.87. The molecule has 1 aromatic heterocycles. The standard InChI is InChI=1S/C17H16N2O2/c1-20-15-7-3-13(4-8-15)17-11-12-19(18-17)14-5-9-16(21-2)10-6-14/h3-12H,1-2H3. The summed E-state index contributed by atoms with van der Waals surface area (Å²) in [5.41, 5.74) is 2.98. The van der Waals surface area contributed by atoms with Crippen LogP contribution in [0.3, 0.4) is 0 Å². The minimum atomic E-state index is 0.835. The zero-order chi connectivity index (χ0) is 14.7. The average Bonchev–Trinajstić information content (AvgIpc) is 3.05. The molecule has 4 heteroatoms. The Kier molecular flexibility index (Phi) is 3.60. The normalized spacial score (nSPS) is 10.4. The molecule has 106 valence electrons. The van der Waals surface area contributed by atoms with E-state index in [0.29, 0.717) is 0 Å². The quantitative estimate of drug-likeness (QED) is 0.733. The summed E-state index contributed by atoms with van der Waals surface area (Å²) in [5.74, 6) is 1.68. The van der Waals surface area contributed by atoms with Crippen molar-refractivity contribution >= 4 is 0 Å².